The summed E-state index contributed by atoms with van der Waals surface area (Å²) in [5, 5.41) is 10.6. The van der Waals surface area contributed by atoms with Gasteiger partial charge in [-0.25, -0.2) is 4.79 Å². The number of ether oxygens (including phenoxy) is 1. The van der Waals surface area contributed by atoms with Gasteiger partial charge in [-0.1, -0.05) is 17.2 Å². The molecule has 2 aromatic rings. The van der Waals surface area contributed by atoms with Gasteiger partial charge in [-0.3, -0.25) is 0 Å². The monoisotopic (exact) mass is 295 g/mol. The molecule has 6 nitrogen and oxygen atoms in total. The molecule has 0 fully saturated rings. The molecule has 0 amide bonds. The quantitative estimate of drug-likeness (QED) is 0.652. The minimum atomic E-state index is -0.406. The highest BCUT2D eigenvalue weighted by Gasteiger charge is 2.14. The maximum absolute atomic E-state index is 11.8. The van der Waals surface area contributed by atoms with Gasteiger partial charge in [0.25, 0.3) is 0 Å². The third-order valence-electron chi connectivity index (χ3n) is 2.44. The van der Waals surface area contributed by atoms with Crippen molar-refractivity contribution in [2.24, 2.45) is 0 Å². The van der Waals surface area contributed by atoms with Crippen molar-refractivity contribution in [1.82, 2.24) is 10.2 Å². The topological polar surface area (TPSA) is 77.2 Å². The van der Waals surface area contributed by atoms with Gasteiger partial charge in [0.05, 0.1) is 17.9 Å². The van der Waals surface area contributed by atoms with Crippen molar-refractivity contribution in [2.75, 3.05) is 17.8 Å². The summed E-state index contributed by atoms with van der Waals surface area (Å²) in [5.74, 6) is 0.438. The van der Waals surface area contributed by atoms with E-state index in [0.717, 1.165) is 0 Å². The second-order valence-electron chi connectivity index (χ2n) is 3.83. The number of esters is 1. The Morgan fingerprint density at radius 2 is 2.20 bits per heavy atom. The summed E-state index contributed by atoms with van der Waals surface area (Å²) in [4.78, 5) is 11.8. The number of anilines is 2. The lowest BCUT2D eigenvalue weighted by Gasteiger charge is -2.08. The van der Waals surface area contributed by atoms with Crippen LogP contribution in [0.4, 0.5) is 11.7 Å². The molecule has 106 valence electrons. The number of hydrogen-bond donors (Lipinski definition) is 1. The number of carbonyl (C=O) groups is 1. The third kappa shape index (κ3) is 3.48. The standard InChI is InChI=1S/C13H14ClN3O3/c1-2-19-12(18)9-5-3-4-6-10(9)15-13-17-16-11(20-13)7-8-14/h3-6H,2,7-8H2,1H3,(H,15,17). The van der Waals surface area contributed by atoms with Crippen molar-refractivity contribution < 1.29 is 13.9 Å². The maximum Gasteiger partial charge on any atom is 0.340 e. The Labute approximate surface area is 121 Å². The lowest BCUT2D eigenvalue weighted by molar-refractivity contribution is 0.0527. The molecule has 0 saturated carbocycles. The smallest absolute Gasteiger partial charge is 0.340 e. The number of nitrogens with zero attached hydrogens (tertiary/aromatic N) is 2. The van der Waals surface area contributed by atoms with E-state index in [1.165, 1.54) is 0 Å². The molecule has 1 aromatic heterocycles. The highest BCUT2D eigenvalue weighted by Crippen LogP contribution is 2.21. The molecule has 2 rings (SSSR count). The minimum absolute atomic E-state index is 0.210. The molecule has 0 bridgehead atoms. The van der Waals surface area contributed by atoms with E-state index in [1.54, 1.807) is 31.2 Å². The molecular formula is C13H14ClN3O3. The molecule has 0 aliphatic rings. The van der Waals surface area contributed by atoms with Crippen molar-refractivity contribution in [2.45, 2.75) is 13.3 Å². The minimum Gasteiger partial charge on any atom is -0.462 e. The lowest BCUT2D eigenvalue weighted by atomic mass is 10.2. The Kier molecular flexibility index (Phi) is 4.95. The molecular weight excluding hydrogens is 282 g/mol. The zero-order chi connectivity index (χ0) is 14.4. The number of hydrogen-bond acceptors (Lipinski definition) is 6. The number of nitrogens with one attached hydrogen (secondary N) is 1. The molecule has 0 saturated heterocycles. The van der Waals surface area contributed by atoms with Gasteiger partial charge in [0.1, 0.15) is 0 Å². The van der Waals surface area contributed by atoms with E-state index in [1.807, 2.05) is 0 Å². The van der Waals surface area contributed by atoms with Crippen LogP contribution in [0.15, 0.2) is 28.7 Å². The van der Waals surface area contributed by atoms with Crippen LogP contribution in [0, 0.1) is 0 Å². The second kappa shape index (κ2) is 6.91. The second-order valence-corrected chi connectivity index (χ2v) is 4.21. The van der Waals surface area contributed by atoms with Crippen LogP contribution in [-0.4, -0.2) is 28.7 Å². The van der Waals surface area contributed by atoms with Crippen molar-refractivity contribution >= 4 is 29.3 Å². The summed E-state index contributed by atoms with van der Waals surface area (Å²) in [6.45, 7) is 2.07. The first-order valence-corrected chi connectivity index (χ1v) is 6.69. The predicted molar refractivity (Wildman–Crippen MR) is 74.4 cm³/mol. The third-order valence-corrected chi connectivity index (χ3v) is 2.63. The molecule has 20 heavy (non-hydrogen) atoms. The molecule has 0 atom stereocenters. The fraction of sp³-hybridized carbons (Fsp3) is 0.308. The SMILES string of the molecule is CCOC(=O)c1ccccc1Nc1nnc(CCCl)o1. The average Bonchev–Trinajstić information content (AvgIpc) is 2.87. The fourth-order valence-electron chi connectivity index (χ4n) is 1.58. The largest absolute Gasteiger partial charge is 0.462 e. The number of halogens is 1. The number of rotatable bonds is 6. The van der Waals surface area contributed by atoms with Gasteiger partial charge in [0.2, 0.25) is 5.89 Å². The van der Waals surface area contributed by atoms with Gasteiger partial charge in [0, 0.05) is 12.3 Å². The molecule has 0 radical (unpaired) electrons. The predicted octanol–water partition coefficient (Wildman–Crippen LogP) is 2.77. The van der Waals surface area contributed by atoms with Crippen LogP contribution >= 0.6 is 11.6 Å². The van der Waals surface area contributed by atoms with Gasteiger partial charge in [0.15, 0.2) is 0 Å². The Balaban J connectivity index is 2.17. The van der Waals surface area contributed by atoms with Crippen LogP contribution in [0.1, 0.15) is 23.2 Å². The summed E-state index contributed by atoms with van der Waals surface area (Å²) >= 11 is 5.60. The number of benzene rings is 1. The van der Waals surface area contributed by atoms with E-state index in [-0.39, 0.29) is 6.01 Å². The summed E-state index contributed by atoms with van der Waals surface area (Å²) in [6.07, 6.45) is 0.496. The lowest BCUT2D eigenvalue weighted by Crippen LogP contribution is -2.07. The van der Waals surface area contributed by atoms with Crippen LogP contribution < -0.4 is 5.32 Å². The van der Waals surface area contributed by atoms with E-state index in [2.05, 4.69) is 15.5 Å². The van der Waals surface area contributed by atoms with Gasteiger partial charge < -0.3 is 14.5 Å². The van der Waals surface area contributed by atoms with E-state index >= 15 is 0 Å². The fourth-order valence-corrected chi connectivity index (χ4v) is 1.74. The average molecular weight is 296 g/mol. The van der Waals surface area contributed by atoms with E-state index in [9.17, 15) is 4.79 Å². The summed E-state index contributed by atoms with van der Waals surface area (Å²) in [6, 6.07) is 7.15. The Hall–Kier alpha value is -2.08. The Morgan fingerprint density at radius 1 is 1.40 bits per heavy atom. The number of aryl methyl sites for hydroxylation is 1. The number of carbonyl (C=O) groups excluding carboxylic acids is 1. The van der Waals surface area contributed by atoms with Gasteiger partial charge in [-0.05, 0) is 19.1 Å². The first kappa shape index (κ1) is 14.3. The highest BCUT2D eigenvalue weighted by atomic mass is 35.5. The van der Waals surface area contributed by atoms with Crippen LogP contribution in [-0.2, 0) is 11.2 Å². The first-order chi connectivity index (χ1) is 9.74. The first-order valence-electron chi connectivity index (χ1n) is 6.16. The van der Waals surface area contributed by atoms with Crippen LogP contribution in [0.3, 0.4) is 0 Å². The molecule has 7 heteroatoms. The molecule has 1 heterocycles. The van der Waals surface area contributed by atoms with Gasteiger partial charge in [-0.2, -0.15) is 0 Å². The van der Waals surface area contributed by atoms with Crippen molar-refractivity contribution in [3.8, 4) is 0 Å². The van der Waals surface area contributed by atoms with Crippen molar-refractivity contribution in [1.29, 1.82) is 0 Å². The van der Waals surface area contributed by atoms with E-state index in [0.29, 0.717) is 36.0 Å². The summed E-state index contributed by atoms with van der Waals surface area (Å²) in [5.41, 5.74) is 0.957. The Bertz CT molecular complexity index is 586. The Morgan fingerprint density at radius 3 is 2.95 bits per heavy atom. The molecule has 0 aliphatic heterocycles. The van der Waals surface area contributed by atoms with Crippen molar-refractivity contribution in [3.05, 3.63) is 35.7 Å². The van der Waals surface area contributed by atoms with Crippen LogP contribution in [0.5, 0.6) is 0 Å². The van der Waals surface area contributed by atoms with E-state index in [4.69, 9.17) is 20.8 Å². The molecule has 1 aromatic carbocycles. The molecule has 0 unspecified atom stereocenters. The normalized spacial score (nSPS) is 10.3. The molecule has 0 spiro atoms. The zero-order valence-corrected chi connectivity index (χ0v) is 11.7. The number of aromatic nitrogens is 2. The summed E-state index contributed by atoms with van der Waals surface area (Å²) in [7, 11) is 0. The van der Waals surface area contributed by atoms with Crippen molar-refractivity contribution in [3.63, 3.8) is 0 Å². The maximum atomic E-state index is 11.8. The van der Waals surface area contributed by atoms with Gasteiger partial charge in [-0.15, -0.1) is 16.7 Å². The molecule has 1 N–H and O–H groups in total. The highest BCUT2D eigenvalue weighted by molar-refractivity contribution is 6.17. The molecule has 0 aliphatic carbocycles. The van der Waals surface area contributed by atoms with Gasteiger partial charge >= 0.3 is 12.0 Å². The summed E-state index contributed by atoms with van der Waals surface area (Å²) < 4.78 is 10.3. The number of para-hydroxylation sites is 1. The zero-order valence-electron chi connectivity index (χ0n) is 10.9. The van der Waals surface area contributed by atoms with Crippen LogP contribution in [0.2, 0.25) is 0 Å². The van der Waals surface area contributed by atoms with E-state index < -0.39 is 5.97 Å². The van der Waals surface area contributed by atoms with Crippen LogP contribution in [0.25, 0.3) is 0 Å². The number of alkyl halides is 1.